The van der Waals surface area contributed by atoms with Crippen LogP contribution in [0.1, 0.15) is 61.8 Å². The van der Waals surface area contributed by atoms with Crippen molar-refractivity contribution in [2.24, 2.45) is 9.98 Å². The Morgan fingerprint density at radius 2 is 1.06 bits per heavy atom. The van der Waals surface area contributed by atoms with E-state index in [-0.39, 0.29) is 11.5 Å². The second kappa shape index (κ2) is 12.2. The highest BCUT2D eigenvalue weighted by Crippen LogP contribution is 2.34. The normalized spacial score (nSPS) is 11.7. The fourth-order valence-electron chi connectivity index (χ4n) is 4.19. The van der Waals surface area contributed by atoms with Crippen LogP contribution in [0.3, 0.4) is 0 Å². The van der Waals surface area contributed by atoms with E-state index in [9.17, 15) is 10.2 Å². The molecule has 4 heteroatoms. The summed E-state index contributed by atoms with van der Waals surface area (Å²) in [6.45, 7) is 4.34. The maximum Gasteiger partial charge on any atom is 0.124 e. The van der Waals surface area contributed by atoms with Gasteiger partial charge in [0.2, 0.25) is 0 Å². The minimum absolute atomic E-state index is 0.207. The van der Waals surface area contributed by atoms with E-state index in [0.29, 0.717) is 22.5 Å². The zero-order valence-corrected chi connectivity index (χ0v) is 21.1. The van der Waals surface area contributed by atoms with Gasteiger partial charge < -0.3 is 10.2 Å². The number of phenols is 2. The Hall–Kier alpha value is -3.92. The maximum atomic E-state index is 10.4. The molecule has 0 aliphatic heterocycles. The van der Waals surface area contributed by atoms with Crippen LogP contribution in [-0.2, 0) is 12.8 Å². The molecule has 2 N–H and O–H groups in total. The number of hydrogen-bond donors (Lipinski definition) is 2. The van der Waals surface area contributed by atoms with Crippen molar-refractivity contribution in [1.82, 2.24) is 0 Å². The predicted octanol–water partition coefficient (Wildman–Crippen LogP) is 8.44. The van der Waals surface area contributed by atoms with Gasteiger partial charge in [0.15, 0.2) is 0 Å². The molecule has 0 amide bonds. The van der Waals surface area contributed by atoms with Gasteiger partial charge in [-0.2, -0.15) is 0 Å². The van der Waals surface area contributed by atoms with Crippen LogP contribution in [0.4, 0.5) is 11.4 Å². The first kappa shape index (κ1) is 25.2. The molecule has 0 aliphatic carbocycles. The highest BCUT2D eigenvalue weighted by atomic mass is 16.3. The number of aliphatic imine (C=N–C) groups is 2. The van der Waals surface area contributed by atoms with Gasteiger partial charge in [-0.05, 0) is 84.0 Å². The average Bonchev–Trinajstić information content (AvgIpc) is 2.90. The molecule has 184 valence electrons. The molecule has 4 aromatic carbocycles. The van der Waals surface area contributed by atoms with Gasteiger partial charge >= 0.3 is 0 Å². The lowest BCUT2D eigenvalue weighted by atomic mass is 10.0. The number of aromatic hydroxyl groups is 2. The Morgan fingerprint density at radius 3 is 1.47 bits per heavy atom. The quantitative estimate of drug-likeness (QED) is 0.225. The van der Waals surface area contributed by atoms with E-state index >= 15 is 0 Å². The minimum Gasteiger partial charge on any atom is -0.507 e. The third kappa shape index (κ3) is 6.39. The van der Waals surface area contributed by atoms with Gasteiger partial charge in [0, 0.05) is 23.6 Å². The lowest BCUT2D eigenvalue weighted by Gasteiger charge is -2.07. The van der Waals surface area contributed by atoms with Crippen LogP contribution in [-0.4, -0.2) is 22.6 Å². The summed E-state index contributed by atoms with van der Waals surface area (Å²) in [5.41, 5.74) is 5.15. The first-order valence-corrected chi connectivity index (χ1v) is 12.8. The van der Waals surface area contributed by atoms with E-state index in [1.807, 2.05) is 60.7 Å². The number of unbranched alkanes of at least 4 members (excludes halogenated alkanes) is 2. The van der Waals surface area contributed by atoms with Gasteiger partial charge in [0.1, 0.15) is 11.5 Å². The fraction of sp³-hybridized carbons (Fsp3) is 0.250. The monoisotopic (exact) mass is 478 g/mol. The largest absolute Gasteiger partial charge is 0.507 e. The Morgan fingerprint density at radius 1 is 0.611 bits per heavy atom. The highest BCUT2D eigenvalue weighted by molar-refractivity contribution is 5.95. The van der Waals surface area contributed by atoms with Crippen molar-refractivity contribution >= 4 is 34.6 Å². The molecule has 0 atom stereocenters. The summed E-state index contributed by atoms with van der Waals surface area (Å²) in [5, 5.41) is 22.9. The first-order chi connectivity index (χ1) is 17.6. The molecule has 4 rings (SSSR count). The Kier molecular flexibility index (Phi) is 8.51. The van der Waals surface area contributed by atoms with Crippen LogP contribution in [0.5, 0.6) is 11.5 Å². The second-order valence-electron chi connectivity index (χ2n) is 9.20. The van der Waals surface area contributed by atoms with Crippen LogP contribution in [0.25, 0.3) is 10.8 Å². The zero-order chi connectivity index (χ0) is 25.3. The van der Waals surface area contributed by atoms with E-state index < -0.39 is 0 Å². The van der Waals surface area contributed by atoms with Crippen molar-refractivity contribution < 1.29 is 10.2 Å². The van der Waals surface area contributed by atoms with E-state index in [1.54, 1.807) is 24.6 Å². The Labute approximate surface area is 213 Å². The van der Waals surface area contributed by atoms with Crippen molar-refractivity contribution in [3.05, 3.63) is 95.1 Å². The zero-order valence-electron chi connectivity index (χ0n) is 21.1. The molecule has 0 aliphatic rings. The molecule has 0 fully saturated rings. The molecule has 0 aromatic heterocycles. The van der Waals surface area contributed by atoms with Crippen LogP contribution >= 0.6 is 0 Å². The SMILES string of the molecule is CCCCc1ccc(O)c(C=Nc2cc3ccccc3cc2N=Cc2cc(CCCC)ccc2O)c1. The molecule has 4 aromatic rings. The number of aryl methyl sites for hydroxylation is 2. The third-order valence-corrected chi connectivity index (χ3v) is 6.35. The van der Waals surface area contributed by atoms with Crippen molar-refractivity contribution in [2.45, 2.75) is 52.4 Å². The fourth-order valence-corrected chi connectivity index (χ4v) is 4.19. The Balaban J connectivity index is 1.70. The molecule has 0 spiro atoms. The van der Waals surface area contributed by atoms with Gasteiger partial charge in [-0.25, -0.2) is 0 Å². The van der Waals surface area contributed by atoms with Gasteiger partial charge in [0.05, 0.1) is 11.4 Å². The molecule has 0 unspecified atom stereocenters. The number of hydrogen-bond acceptors (Lipinski definition) is 4. The lowest BCUT2D eigenvalue weighted by molar-refractivity contribution is 0.473. The summed E-state index contributed by atoms with van der Waals surface area (Å²) in [4.78, 5) is 9.48. The molecular weight excluding hydrogens is 444 g/mol. The number of benzene rings is 4. The highest BCUT2D eigenvalue weighted by Gasteiger charge is 2.07. The standard InChI is InChI=1S/C32H34N2O2/c1-3-5-9-23-13-15-31(35)27(17-23)21-33-29-19-25-11-7-8-12-26(25)20-30(29)34-22-28-18-24(10-6-4-2)14-16-32(28)36/h7-8,11-22,35-36H,3-6,9-10H2,1-2H3. The topological polar surface area (TPSA) is 65.2 Å². The average molecular weight is 479 g/mol. The number of rotatable bonds is 10. The molecule has 0 radical (unpaired) electrons. The van der Waals surface area contributed by atoms with Crippen LogP contribution in [0, 0.1) is 0 Å². The molecule has 36 heavy (non-hydrogen) atoms. The van der Waals surface area contributed by atoms with Gasteiger partial charge in [-0.1, -0.05) is 63.1 Å². The molecule has 0 bridgehead atoms. The van der Waals surface area contributed by atoms with E-state index in [1.165, 1.54) is 11.1 Å². The molecule has 4 nitrogen and oxygen atoms in total. The Bertz CT molecular complexity index is 1280. The summed E-state index contributed by atoms with van der Waals surface area (Å²) in [6.07, 6.45) is 9.83. The third-order valence-electron chi connectivity index (χ3n) is 6.35. The van der Waals surface area contributed by atoms with Gasteiger partial charge in [-0.3, -0.25) is 9.98 Å². The van der Waals surface area contributed by atoms with Gasteiger partial charge in [0.25, 0.3) is 0 Å². The van der Waals surface area contributed by atoms with Crippen LogP contribution < -0.4 is 0 Å². The van der Waals surface area contributed by atoms with Crippen molar-refractivity contribution in [3.8, 4) is 11.5 Å². The number of phenolic OH excluding ortho intramolecular Hbond substituents is 2. The summed E-state index contributed by atoms with van der Waals surface area (Å²) in [7, 11) is 0. The van der Waals surface area contributed by atoms with Gasteiger partial charge in [-0.15, -0.1) is 0 Å². The minimum atomic E-state index is 0.207. The van der Waals surface area contributed by atoms with Crippen molar-refractivity contribution in [3.63, 3.8) is 0 Å². The smallest absolute Gasteiger partial charge is 0.124 e. The summed E-state index contributed by atoms with van der Waals surface area (Å²) >= 11 is 0. The van der Waals surface area contributed by atoms with E-state index in [2.05, 4.69) is 13.8 Å². The lowest BCUT2D eigenvalue weighted by Crippen LogP contribution is -1.90. The van der Waals surface area contributed by atoms with Crippen molar-refractivity contribution in [2.75, 3.05) is 0 Å². The summed E-state index contributed by atoms with van der Waals surface area (Å²) < 4.78 is 0. The molecule has 0 saturated heterocycles. The van der Waals surface area contributed by atoms with Crippen LogP contribution in [0.2, 0.25) is 0 Å². The van der Waals surface area contributed by atoms with Crippen molar-refractivity contribution in [1.29, 1.82) is 0 Å². The molecule has 0 saturated carbocycles. The summed E-state index contributed by atoms with van der Waals surface area (Å²) in [5.74, 6) is 0.414. The van der Waals surface area contributed by atoms with E-state index in [4.69, 9.17) is 9.98 Å². The number of nitrogens with zero attached hydrogens (tertiary/aromatic N) is 2. The maximum absolute atomic E-state index is 10.4. The number of fused-ring (bicyclic) bond motifs is 1. The first-order valence-electron chi connectivity index (χ1n) is 12.8. The van der Waals surface area contributed by atoms with E-state index in [0.717, 1.165) is 49.3 Å². The predicted molar refractivity (Wildman–Crippen MR) is 152 cm³/mol. The molecular formula is C32H34N2O2. The second-order valence-corrected chi connectivity index (χ2v) is 9.20. The van der Waals surface area contributed by atoms with Crippen LogP contribution in [0.15, 0.2) is 82.8 Å². The molecule has 0 heterocycles. The summed E-state index contributed by atoms with van der Waals surface area (Å²) in [6, 6.07) is 23.5.